The minimum Gasteiger partial charge on any atom is -0.354 e. The van der Waals surface area contributed by atoms with Crippen LogP contribution < -0.4 is 16.6 Å². The van der Waals surface area contributed by atoms with E-state index in [0.29, 0.717) is 0 Å². The zero-order valence-corrected chi connectivity index (χ0v) is 13.0. The molecule has 23 heavy (non-hydrogen) atoms. The van der Waals surface area contributed by atoms with E-state index in [-0.39, 0.29) is 24.3 Å². The second-order valence-electron chi connectivity index (χ2n) is 5.42. The van der Waals surface area contributed by atoms with Crippen LogP contribution in [0.2, 0.25) is 0 Å². The lowest BCUT2D eigenvalue weighted by atomic mass is 10.3. The van der Waals surface area contributed by atoms with Crippen molar-refractivity contribution in [3.63, 3.8) is 0 Å². The third-order valence-corrected chi connectivity index (χ3v) is 3.42. The third kappa shape index (κ3) is 3.46. The number of alkyl halides is 2. The molecular formula is C13H17F2N5O3. The van der Waals surface area contributed by atoms with Crippen molar-refractivity contribution in [3.05, 3.63) is 27.2 Å². The van der Waals surface area contributed by atoms with E-state index in [2.05, 4.69) is 10.3 Å². The smallest absolute Gasteiger partial charge is 0.332 e. The van der Waals surface area contributed by atoms with Gasteiger partial charge in [-0.1, -0.05) is 0 Å². The number of carbonyl (C=O) groups excluding carboxylic acids is 1. The Kier molecular flexibility index (Phi) is 4.35. The molecule has 0 spiro atoms. The summed E-state index contributed by atoms with van der Waals surface area (Å²) in [5.41, 5.74) is -0.840. The van der Waals surface area contributed by atoms with Gasteiger partial charge in [-0.15, -0.1) is 0 Å². The minimum atomic E-state index is -2.86. The number of carbonyl (C=O) groups is 1. The fraction of sp³-hybridized carbons (Fsp3) is 0.538. The van der Waals surface area contributed by atoms with Gasteiger partial charge in [-0.3, -0.25) is 18.7 Å². The van der Waals surface area contributed by atoms with Crippen LogP contribution in [0.3, 0.4) is 0 Å². The van der Waals surface area contributed by atoms with Crippen LogP contribution in [0.5, 0.6) is 0 Å². The van der Waals surface area contributed by atoms with Crippen LogP contribution in [0.4, 0.5) is 8.78 Å². The zero-order chi connectivity index (χ0) is 17.4. The predicted molar refractivity (Wildman–Crippen MR) is 78.5 cm³/mol. The number of nitrogens with one attached hydrogen (secondary N) is 1. The number of fused-ring (bicyclic) bond motifs is 1. The van der Waals surface area contributed by atoms with Crippen LogP contribution in [0.1, 0.15) is 13.3 Å². The van der Waals surface area contributed by atoms with Crippen LogP contribution in [0.15, 0.2) is 15.9 Å². The predicted octanol–water partition coefficient (Wildman–Crippen LogP) is -0.405. The second-order valence-corrected chi connectivity index (χ2v) is 5.42. The lowest BCUT2D eigenvalue weighted by Gasteiger charge is -2.11. The molecule has 2 rings (SSSR count). The van der Waals surface area contributed by atoms with Crippen molar-refractivity contribution in [1.29, 1.82) is 0 Å². The normalized spacial score (nSPS) is 11.9. The summed E-state index contributed by atoms with van der Waals surface area (Å²) < 4.78 is 28.8. The lowest BCUT2D eigenvalue weighted by molar-refractivity contribution is -0.121. The molecule has 2 heterocycles. The van der Waals surface area contributed by atoms with E-state index in [9.17, 15) is 23.2 Å². The van der Waals surface area contributed by atoms with Gasteiger partial charge in [0.1, 0.15) is 6.54 Å². The summed E-state index contributed by atoms with van der Waals surface area (Å²) in [6, 6.07) is 0. The largest absolute Gasteiger partial charge is 0.354 e. The molecule has 1 amide bonds. The van der Waals surface area contributed by atoms with E-state index in [0.717, 1.165) is 11.5 Å². The monoisotopic (exact) mass is 329 g/mol. The Bertz CT molecular complexity index is 859. The fourth-order valence-corrected chi connectivity index (χ4v) is 2.15. The van der Waals surface area contributed by atoms with Crippen molar-refractivity contribution >= 4 is 17.1 Å². The van der Waals surface area contributed by atoms with Crippen molar-refractivity contribution < 1.29 is 13.6 Å². The summed E-state index contributed by atoms with van der Waals surface area (Å²) in [5, 5.41) is 2.36. The molecule has 8 nitrogen and oxygen atoms in total. The number of nitrogens with zero attached hydrogens (tertiary/aromatic N) is 4. The highest BCUT2D eigenvalue weighted by Crippen LogP contribution is 2.15. The highest BCUT2D eigenvalue weighted by molar-refractivity contribution is 5.78. The molecule has 0 unspecified atom stereocenters. The number of aryl methyl sites for hydroxylation is 1. The number of halogens is 2. The molecule has 2 aromatic rings. The molecule has 0 aliphatic carbocycles. The Labute approximate surface area is 129 Å². The van der Waals surface area contributed by atoms with E-state index in [1.54, 1.807) is 0 Å². The van der Waals surface area contributed by atoms with Gasteiger partial charge < -0.3 is 9.88 Å². The lowest BCUT2D eigenvalue weighted by Crippen LogP contribution is -2.38. The molecule has 2 aromatic heterocycles. The maximum atomic E-state index is 12.7. The highest BCUT2D eigenvalue weighted by Gasteiger charge is 2.21. The summed E-state index contributed by atoms with van der Waals surface area (Å²) in [7, 11) is 2.79. The SMILES string of the molecule is Cn1c(=O)c2c(ncn2CC(=O)NCCC(C)(F)F)n(C)c1=O. The average molecular weight is 329 g/mol. The van der Waals surface area contributed by atoms with Gasteiger partial charge in [-0.05, 0) is 6.92 Å². The Morgan fingerprint density at radius 1 is 1.30 bits per heavy atom. The zero-order valence-electron chi connectivity index (χ0n) is 13.0. The minimum absolute atomic E-state index is 0.102. The second kappa shape index (κ2) is 5.94. The summed E-state index contributed by atoms with van der Waals surface area (Å²) in [6.45, 7) is 0.345. The summed E-state index contributed by atoms with van der Waals surface area (Å²) >= 11 is 0. The van der Waals surface area contributed by atoms with Gasteiger partial charge in [-0.25, -0.2) is 18.6 Å². The molecule has 0 atom stereocenters. The van der Waals surface area contributed by atoms with Crippen molar-refractivity contribution in [3.8, 4) is 0 Å². The average Bonchev–Trinajstić information content (AvgIpc) is 2.85. The van der Waals surface area contributed by atoms with Crippen molar-refractivity contribution in [2.75, 3.05) is 6.54 Å². The first-order valence-corrected chi connectivity index (χ1v) is 6.87. The quantitative estimate of drug-likeness (QED) is 0.808. The molecule has 126 valence electrons. The topological polar surface area (TPSA) is 90.9 Å². The first-order chi connectivity index (χ1) is 10.6. The van der Waals surface area contributed by atoms with Crippen LogP contribution in [-0.4, -0.2) is 37.1 Å². The molecular weight excluding hydrogens is 312 g/mol. The van der Waals surface area contributed by atoms with Gasteiger partial charge in [-0.2, -0.15) is 0 Å². The Morgan fingerprint density at radius 3 is 2.57 bits per heavy atom. The van der Waals surface area contributed by atoms with Gasteiger partial charge >= 0.3 is 5.69 Å². The van der Waals surface area contributed by atoms with E-state index >= 15 is 0 Å². The van der Waals surface area contributed by atoms with Crippen molar-refractivity contribution in [1.82, 2.24) is 24.0 Å². The van der Waals surface area contributed by atoms with E-state index in [1.807, 2.05) is 0 Å². The summed E-state index contributed by atoms with van der Waals surface area (Å²) in [6.07, 6.45) is 0.791. The van der Waals surface area contributed by atoms with Gasteiger partial charge in [0, 0.05) is 27.1 Å². The molecule has 10 heteroatoms. The molecule has 0 aromatic carbocycles. The third-order valence-electron chi connectivity index (χ3n) is 3.42. The number of hydrogen-bond acceptors (Lipinski definition) is 4. The molecule has 0 aliphatic rings. The first-order valence-electron chi connectivity index (χ1n) is 6.87. The molecule has 0 saturated carbocycles. The van der Waals surface area contributed by atoms with Gasteiger partial charge in [0.2, 0.25) is 11.8 Å². The Balaban J connectivity index is 2.24. The number of rotatable bonds is 5. The molecule has 0 bridgehead atoms. The maximum Gasteiger partial charge on any atom is 0.332 e. The Hall–Kier alpha value is -2.52. The molecule has 0 aliphatic heterocycles. The van der Waals surface area contributed by atoms with Crippen molar-refractivity contribution in [2.45, 2.75) is 25.8 Å². The standard InChI is InChI=1S/C13H17F2N5O3/c1-13(14,15)4-5-16-8(21)6-20-7-17-10-9(20)11(22)19(3)12(23)18(10)2/h7H,4-6H2,1-3H3,(H,16,21). The summed E-state index contributed by atoms with van der Waals surface area (Å²) in [5.74, 6) is -3.38. The molecule has 0 fully saturated rings. The number of imidazole rings is 1. The van der Waals surface area contributed by atoms with Crippen molar-refractivity contribution in [2.24, 2.45) is 14.1 Å². The van der Waals surface area contributed by atoms with Gasteiger partial charge in [0.05, 0.1) is 6.33 Å². The van der Waals surface area contributed by atoms with E-state index < -0.39 is 29.5 Å². The van der Waals surface area contributed by atoms with Gasteiger partial charge in [0.25, 0.3) is 5.56 Å². The van der Waals surface area contributed by atoms with E-state index in [1.165, 1.54) is 29.6 Å². The number of hydrogen-bond donors (Lipinski definition) is 1. The first kappa shape index (κ1) is 16.8. The number of aromatic nitrogens is 4. The van der Waals surface area contributed by atoms with Crippen LogP contribution >= 0.6 is 0 Å². The molecule has 0 saturated heterocycles. The van der Waals surface area contributed by atoms with Crippen LogP contribution in [0, 0.1) is 0 Å². The summed E-state index contributed by atoms with van der Waals surface area (Å²) in [4.78, 5) is 39.7. The number of amides is 1. The highest BCUT2D eigenvalue weighted by atomic mass is 19.3. The molecule has 0 radical (unpaired) electrons. The van der Waals surface area contributed by atoms with Gasteiger partial charge in [0.15, 0.2) is 11.2 Å². The maximum absolute atomic E-state index is 12.7. The van der Waals surface area contributed by atoms with E-state index in [4.69, 9.17) is 0 Å². The molecule has 1 N–H and O–H groups in total. The fourth-order valence-electron chi connectivity index (χ4n) is 2.15. The van der Waals surface area contributed by atoms with Crippen LogP contribution in [-0.2, 0) is 25.4 Å². The Morgan fingerprint density at radius 2 is 1.96 bits per heavy atom. The van der Waals surface area contributed by atoms with Crippen LogP contribution in [0.25, 0.3) is 11.2 Å².